The van der Waals surface area contributed by atoms with Gasteiger partial charge < -0.3 is 4.74 Å². The monoisotopic (exact) mass is 339 g/mol. The fourth-order valence-corrected chi connectivity index (χ4v) is 2.71. The lowest BCUT2D eigenvalue weighted by Crippen LogP contribution is -2.16. The van der Waals surface area contributed by atoms with Gasteiger partial charge in [0.1, 0.15) is 5.75 Å². The molecule has 1 amide bonds. The second kappa shape index (κ2) is 5.84. The number of carbonyl (C=O) groups is 1. The van der Waals surface area contributed by atoms with Crippen LogP contribution in [0.4, 0.5) is 18.3 Å². The minimum absolute atomic E-state index is 0.276. The number of hydrogen-bond acceptors (Lipinski definition) is 5. The van der Waals surface area contributed by atoms with E-state index in [2.05, 4.69) is 20.0 Å². The molecule has 2 heterocycles. The number of hydrogen-bond donors (Lipinski definition) is 1. The lowest BCUT2D eigenvalue weighted by atomic mass is 10.3. The molecule has 0 unspecified atom stereocenters. The molecule has 0 atom stereocenters. The molecule has 1 aromatic carbocycles. The van der Waals surface area contributed by atoms with Crippen molar-refractivity contribution in [2.24, 2.45) is 0 Å². The second-order valence-corrected chi connectivity index (χ2v) is 5.42. The Labute approximate surface area is 131 Å². The van der Waals surface area contributed by atoms with Crippen LogP contribution in [0.25, 0.3) is 10.2 Å². The van der Waals surface area contributed by atoms with Crippen LogP contribution in [0.2, 0.25) is 0 Å². The van der Waals surface area contributed by atoms with E-state index in [0.717, 1.165) is 11.3 Å². The van der Waals surface area contributed by atoms with Gasteiger partial charge in [-0.05, 0) is 24.3 Å². The van der Waals surface area contributed by atoms with Crippen LogP contribution in [0.3, 0.4) is 0 Å². The lowest BCUT2D eigenvalue weighted by Gasteiger charge is -2.07. The average Bonchev–Trinajstić information content (AvgIpc) is 2.88. The molecule has 0 aliphatic carbocycles. The van der Waals surface area contributed by atoms with Crippen molar-refractivity contribution >= 4 is 32.6 Å². The van der Waals surface area contributed by atoms with Gasteiger partial charge in [0.05, 0.1) is 15.8 Å². The Bertz CT molecular complexity index is 849. The summed E-state index contributed by atoms with van der Waals surface area (Å²) in [4.78, 5) is 20.0. The van der Waals surface area contributed by atoms with Crippen LogP contribution < -0.4 is 10.1 Å². The molecular weight excluding hydrogens is 331 g/mol. The number of halogens is 3. The molecule has 0 aliphatic rings. The van der Waals surface area contributed by atoms with Crippen molar-refractivity contribution in [3.8, 4) is 5.75 Å². The molecule has 3 rings (SSSR count). The third-order valence-corrected chi connectivity index (χ3v) is 3.67. The smallest absolute Gasteiger partial charge is 0.406 e. The molecule has 0 spiro atoms. The van der Waals surface area contributed by atoms with Gasteiger partial charge in [-0.1, -0.05) is 11.3 Å². The van der Waals surface area contributed by atoms with Gasteiger partial charge in [-0.2, -0.15) is 0 Å². The lowest BCUT2D eigenvalue weighted by molar-refractivity contribution is -0.274. The summed E-state index contributed by atoms with van der Waals surface area (Å²) in [7, 11) is 0. The second-order valence-electron chi connectivity index (χ2n) is 4.39. The van der Waals surface area contributed by atoms with Crippen molar-refractivity contribution in [1.82, 2.24) is 9.97 Å². The Morgan fingerprint density at radius 3 is 2.78 bits per heavy atom. The summed E-state index contributed by atoms with van der Waals surface area (Å²) >= 11 is 1.05. The molecule has 1 N–H and O–H groups in total. The van der Waals surface area contributed by atoms with Crippen molar-refractivity contribution in [1.29, 1.82) is 0 Å². The highest BCUT2D eigenvalue weighted by molar-refractivity contribution is 7.22. The van der Waals surface area contributed by atoms with Crippen LogP contribution in [0.5, 0.6) is 5.75 Å². The third kappa shape index (κ3) is 3.75. The highest BCUT2D eigenvalue weighted by Gasteiger charge is 2.31. The van der Waals surface area contributed by atoms with E-state index < -0.39 is 12.3 Å². The van der Waals surface area contributed by atoms with E-state index in [1.54, 1.807) is 12.1 Å². The normalized spacial score (nSPS) is 11.4. The number of pyridine rings is 1. The van der Waals surface area contributed by atoms with Crippen molar-refractivity contribution in [2.75, 3.05) is 5.32 Å². The summed E-state index contributed by atoms with van der Waals surface area (Å²) in [6.07, 6.45) is -1.82. The Morgan fingerprint density at radius 1 is 1.26 bits per heavy atom. The number of fused-ring (bicyclic) bond motifs is 1. The van der Waals surface area contributed by atoms with Gasteiger partial charge in [0.15, 0.2) is 5.13 Å². The van der Waals surface area contributed by atoms with Crippen molar-refractivity contribution in [2.45, 2.75) is 6.36 Å². The summed E-state index contributed by atoms with van der Waals surface area (Å²) in [5, 5.41) is 2.86. The molecule has 118 valence electrons. The first-order valence-electron chi connectivity index (χ1n) is 6.28. The Hall–Kier alpha value is -2.68. The molecule has 0 fully saturated rings. The number of thiazole rings is 1. The first-order valence-corrected chi connectivity index (χ1v) is 7.10. The van der Waals surface area contributed by atoms with Gasteiger partial charge >= 0.3 is 6.36 Å². The molecule has 9 heteroatoms. The standard InChI is InChI=1S/C14H8F3N3O2S/c15-14(16,17)22-9-3-4-10-11(6-9)23-13(19-10)20-12(21)8-2-1-5-18-7-8/h1-7H,(H,19,20,21). The van der Waals surface area contributed by atoms with Crippen LogP contribution >= 0.6 is 11.3 Å². The van der Waals surface area contributed by atoms with Crippen molar-refractivity contribution < 1.29 is 22.7 Å². The number of ether oxygens (including phenoxy) is 1. The van der Waals surface area contributed by atoms with Crippen LogP contribution in [0.15, 0.2) is 42.7 Å². The van der Waals surface area contributed by atoms with Crippen LogP contribution in [-0.4, -0.2) is 22.2 Å². The van der Waals surface area contributed by atoms with E-state index in [9.17, 15) is 18.0 Å². The van der Waals surface area contributed by atoms with Crippen LogP contribution in [0.1, 0.15) is 10.4 Å². The number of alkyl halides is 3. The summed E-state index contributed by atoms with van der Waals surface area (Å²) < 4.78 is 40.9. The van der Waals surface area contributed by atoms with Crippen LogP contribution in [0, 0.1) is 0 Å². The Morgan fingerprint density at radius 2 is 2.09 bits per heavy atom. The SMILES string of the molecule is O=C(Nc1nc2ccc(OC(F)(F)F)cc2s1)c1cccnc1. The minimum Gasteiger partial charge on any atom is -0.406 e. The molecular formula is C14H8F3N3O2S. The molecule has 3 aromatic rings. The first kappa shape index (κ1) is 15.2. The number of aromatic nitrogens is 2. The highest BCUT2D eigenvalue weighted by atomic mass is 32.1. The molecule has 5 nitrogen and oxygen atoms in total. The topological polar surface area (TPSA) is 64.1 Å². The van der Waals surface area contributed by atoms with E-state index >= 15 is 0 Å². The summed E-state index contributed by atoms with van der Waals surface area (Å²) in [5.41, 5.74) is 0.818. The number of benzene rings is 1. The zero-order valence-electron chi connectivity index (χ0n) is 11.3. The van der Waals surface area contributed by atoms with Gasteiger partial charge in [-0.3, -0.25) is 15.1 Å². The predicted molar refractivity (Wildman–Crippen MR) is 78.5 cm³/mol. The predicted octanol–water partition coefficient (Wildman–Crippen LogP) is 3.84. The number of rotatable bonds is 3. The molecule has 0 saturated carbocycles. The summed E-state index contributed by atoms with van der Waals surface area (Å²) in [6, 6.07) is 6.99. The largest absolute Gasteiger partial charge is 0.573 e. The van der Waals surface area contributed by atoms with Gasteiger partial charge in [-0.15, -0.1) is 13.2 Å². The maximum absolute atomic E-state index is 12.2. The summed E-state index contributed by atoms with van der Waals surface area (Å²) in [6.45, 7) is 0. The fourth-order valence-electron chi connectivity index (χ4n) is 1.82. The molecule has 0 radical (unpaired) electrons. The van der Waals surface area contributed by atoms with E-state index in [-0.39, 0.29) is 10.9 Å². The number of amides is 1. The fraction of sp³-hybridized carbons (Fsp3) is 0.0714. The van der Waals surface area contributed by atoms with Gasteiger partial charge in [0.25, 0.3) is 5.91 Å². The highest BCUT2D eigenvalue weighted by Crippen LogP contribution is 2.31. The quantitative estimate of drug-likeness (QED) is 0.787. The molecule has 0 bridgehead atoms. The van der Waals surface area contributed by atoms with E-state index in [1.165, 1.54) is 30.6 Å². The first-order chi connectivity index (χ1) is 10.9. The van der Waals surface area contributed by atoms with Crippen molar-refractivity contribution in [3.05, 3.63) is 48.3 Å². The van der Waals surface area contributed by atoms with Gasteiger partial charge in [0.2, 0.25) is 0 Å². The van der Waals surface area contributed by atoms with Gasteiger partial charge in [-0.25, -0.2) is 4.98 Å². The van der Waals surface area contributed by atoms with E-state index in [1.807, 2.05) is 0 Å². The maximum atomic E-state index is 12.2. The van der Waals surface area contributed by atoms with E-state index in [0.29, 0.717) is 15.8 Å². The minimum atomic E-state index is -4.75. The number of nitrogens with one attached hydrogen (secondary N) is 1. The molecule has 2 aromatic heterocycles. The average molecular weight is 339 g/mol. The molecule has 23 heavy (non-hydrogen) atoms. The number of nitrogens with zero attached hydrogens (tertiary/aromatic N) is 2. The zero-order valence-corrected chi connectivity index (χ0v) is 12.1. The number of anilines is 1. The van der Waals surface area contributed by atoms with Crippen molar-refractivity contribution in [3.63, 3.8) is 0 Å². The van der Waals surface area contributed by atoms with Crippen LogP contribution in [-0.2, 0) is 0 Å². The van der Waals surface area contributed by atoms with Gasteiger partial charge in [0, 0.05) is 18.5 Å². The maximum Gasteiger partial charge on any atom is 0.573 e. The van der Waals surface area contributed by atoms with E-state index in [4.69, 9.17) is 0 Å². The third-order valence-electron chi connectivity index (χ3n) is 2.74. The molecule has 0 aliphatic heterocycles. The number of carbonyl (C=O) groups excluding carboxylic acids is 1. The zero-order chi connectivity index (χ0) is 16.4. The summed E-state index contributed by atoms with van der Waals surface area (Å²) in [5.74, 6) is -0.734. The Kier molecular flexibility index (Phi) is 3.87. The molecule has 0 saturated heterocycles. The Balaban J connectivity index is 1.81.